The van der Waals surface area contributed by atoms with Crippen LogP contribution in [0.2, 0.25) is 0 Å². The van der Waals surface area contributed by atoms with Crippen molar-refractivity contribution in [2.24, 2.45) is 0 Å². The van der Waals surface area contributed by atoms with Gasteiger partial charge >= 0.3 is 6.09 Å². The molecule has 0 saturated carbocycles. The lowest BCUT2D eigenvalue weighted by atomic mass is 10.1. The highest BCUT2D eigenvalue weighted by atomic mass is 32.2. The van der Waals surface area contributed by atoms with Crippen LogP contribution in [-0.4, -0.2) is 31.6 Å². The highest BCUT2D eigenvalue weighted by Crippen LogP contribution is 2.28. The van der Waals surface area contributed by atoms with Gasteiger partial charge in [-0.15, -0.1) is 0 Å². The van der Waals surface area contributed by atoms with Crippen molar-refractivity contribution in [2.75, 3.05) is 10.8 Å². The number of nitrogens with one attached hydrogen (secondary N) is 1. The second kappa shape index (κ2) is 10.6. The number of sulfonamides is 1. The largest absolute Gasteiger partial charge is 0.444 e. The maximum Gasteiger partial charge on any atom is 0.408 e. The normalized spacial score (nSPS) is 12.4. The first-order valence-electron chi connectivity index (χ1n) is 10.8. The predicted molar refractivity (Wildman–Crippen MR) is 133 cm³/mol. The second-order valence-corrected chi connectivity index (χ2v) is 10.6. The van der Waals surface area contributed by atoms with E-state index in [-0.39, 0.29) is 17.1 Å². The molecule has 0 aliphatic heterocycles. The first kappa shape index (κ1) is 25.7. The van der Waals surface area contributed by atoms with Crippen LogP contribution in [0.3, 0.4) is 0 Å². The maximum atomic E-state index is 13.7. The quantitative estimate of drug-likeness (QED) is 0.343. The Morgan fingerprint density at radius 2 is 1.51 bits per heavy atom. The van der Waals surface area contributed by atoms with Crippen molar-refractivity contribution in [2.45, 2.75) is 37.3 Å². The molecule has 1 N–H and O–H groups in total. The Hall–Kier alpha value is -3.92. The molecule has 0 bridgehead atoms. The lowest BCUT2D eigenvalue weighted by Crippen LogP contribution is -2.42. The summed E-state index contributed by atoms with van der Waals surface area (Å²) in [6.07, 6.45) is -0.688. The number of amides is 1. The Labute approximate surface area is 204 Å². The second-order valence-electron chi connectivity index (χ2n) is 8.73. The highest BCUT2D eigenvalue weighted by molar-refractivity contribution is 7.92. The highest BCUT2D eigenvalue weighted by Gasteiger charge is 2.30. The van der Waals surface area contributed by atoms with Gasteiger partial charge in [0.15, 0.2) is 0 Å². The molecular weight excluding hydrogens is 470 g/mol. The van der Waals surface area contributed by atoms with Crippen molar-refractivity contribution < 1.29 is 22.9 Å². The van der Waals surface area contributed by atoms with Gasteiger partial charge in [-0.1, -0.05) is 48.5 Å². The zero-order valence-corrected chi connectivity index (χ0v) is 20.4. The van der Waals surface area contributed by atoms with Gasteiger partial charge in [-0.25, -0.2) is 13.2 Å². The van der Waals surface area contributed by atoms with E-state index < -0.39 is 32.7 Å². The molecule has 3 aromatic rings. The van der Waals surface area contributed by atoms with Crippen molar-refractivity contribution in [3.05, 3.63) is 101 Å². The van der Waals surface area contributed by atoms with Gasteiger partial charge in [-0.2, -0.15) is 0 Å². The molecule has 1 amide bonds. The number of para-hydroxylation sites is 1. The average Bonchev–Trinajstić information content (AvgIpc) is 2.81. The summed E-state index contributed by atoms with van der Waals surface area (Å²) < 4.78 is 34.0. The molecule has 184 valence electrons. The number of alkyl carbamates (subject to hydrolysis) is 1. The van der Waals surface area contributed by atoms with Gasteiger partial charge in [0.25, 0.3) is 15.7 Å². The first-order chi connectivity index (χ1) is 16.5. The number of nitrogens with zero attached hydrogens (tertiary/aromatic N) is 2. The third kappa shape index (κ3) is 6.80. The number of carbonyl (C=O) groups is 1. The molecular formula is C25H27N3O6S. The van der Waals surface area contributed by atoms with E-state index in [0.717, 1.165) is 12.1 Å². The van der Waals surface area contributed by atoms with Gasteiger partial charge in [-0.3, -0.25) is 14.4 Å². The SMILES string of the molecule is CC(C)(C)OC(=O)N[C@@H](CN(c1ccccc1)S(=O)(=O)c1ccc([N+](=O)[O-])cc1)c1ccccc1. The van der Waals surface area contributed by atoms with Gasteiger partial charge in [0.05, 0.1) is 28.1 Å². The number of nitro benzene ring substituents is 1. The number of hydrogen-bond acceptors (Lipinski definition) is 6. The molecule has 3 aromatic carbocycles. The Kier molecular flexibility index (Phi) is 7.75. The van der Waals surface area contributed by atoms with Crippen LogP contribution in [0.15, 0.2) is 89.8 Å². The van der Waals surface area contributed by atoms with Crippen LogP contribution in [0.25, 0.3) is 0 Å². The molecule has 35 heavy (non-hydrogen) atoms. The van der Waals surface area contributed by atoms with E-state index in [1.807, 2.05) is 6.07 Å². The number of ether oxygens (including phenoxy) is 1. The molecule has 0 saturated heterocycles. The van der Waals surface area contributed by atoms with Crippen molar-refractivity contribution in [1.29, 1.82) is 0 Å². The van der Waals surface area contributed by atoms with Gasteiger partial charge in [0, 0.05) is 12.1 Å². The molecule has 0 radical (unpaired) electrons. The molecule has 10 heteroatoms. The van der Waals surface area contributed by atoms with Gasteiger partial charge < -0.3 is 10.1 Å². The summed E-state index contributed by atoms with van der Waals surface area (Å²) in [6, 6.07) is 21.3. The third-order valence-corrected chi connectivity index (χ3v) is 6.73. The number of anilines is 1. The van der Waals surface area contributed by atoms with Crippen LogP contribution >= 0.6 is 0 Å². The summed E-state index contributed by atoms with van der Waals surface area (Å²) >= 11 is 0. The van der Waals surface area contributed by atoms with Crippen molar-refractivity contribution in [3.8, 4) is 0 Å². The molecule has 0 heterocycles. The number of carbonyl (C=O) groups excluding carboxylic acids is 1. The third-order valence-electron chi connectivity index (χ3n) is 4.92. The van der Waals surface area contributed by atoms with Crippen LogP contribution < -0.4 is 9.62 Å². The van der Waals surface area contributed by atoms with Gasteiger partial charge in [0.1, 0.15) is 5.60 Å². The molecule has 0 unspecified atom stereocenters. The minimum absolute atomic E-state index is 0.115. The molecule has 3 rings (SSSR count). The standard InChI is InChI=1S/C25H27N3O6S/c1-25(2,3)34-24(29)26-23(19-10-6-4-7-11-19)18-27(20-12-8-5-9-13-20)35(32,33)22-16-14-21(15-17-22)28(30)31/h4-17,23H,18H2,1-3H3,(H,26,29)/t23-/m0/s1. The van der Waals surface area contributed by atoms with Crippen LogP contribution in [0.1, 0.15) is 32.4 Å². The minimum atomic E-state index is -4.15. The van der Waals surface area contributed by atoms with Crippen LogP contribution in [0, 0.1) is 10.1 Å². The van der Waals surface area contributed by atoms with Crippen LogP contribution in [0.4, 0.5) is 16.2 Å². The number of rotatable bonds is 8. The number of benzene rings is 3. The smallest absolute Gasteiger partial charge is 0.408 e. The molecule has 0 aliphatic rings. The monoisotopic (exact) mass is 497 g/mol. The van der Waals surface area contributed by atoms with Crippen molar-refractivity contribution in [3.63, 3.8) is 0 Å². The van der Waals surface area contributed by atoms with Gasteiger partial charge in [0.2, 0.25) is 0 Å². The number of nitro groups is 1. The van der Waals surface area contributed by atoms with E-state index >= 15 is 0 Å². The van der Waals surface area contributed by atoms with E-state index in [4.69, 9.17) is 4.74 Å². The Balaban J connectivity index is 2.03. The lowest BCUT2D eigenvalue weighted by Gasteiger charge is -2.30. The van der Waals surface area contributed by atoms with E-state index in [9.17, 15) is 23.3 Å². The average molecular weight is 498 g/mol. The Morgan fingerprint density at radius 3 is 2.03 bits per heavy atom. The zero-order chi connectivity index (χ0) is 25.6. The molecule has 0 fully saturated rings. The summed E-state index contributed by atoms with van der Waals surface area (Å²) in [5.74, 6) is 0. The topological polar surface area (TPSA) is 119 Å². The molecule has 1 atom stereocenters. The molecule has 0 aliphatic carbocycles. The van der Waals surface area contributed by atoms with Crippen LogP contribution in [-0.2, 0) is 14.8 Å². The van der Waals surface area contributed by atoms with E-state index in [2.05, 4.69) is 5.32 Å². The lowest BCUT2D eigenvalue weighted by molar-refractivity contribution is -0.384. The van der Waals surface area contributed by atoms with E-state index in [0.29, 0.717) is 11.3 Å². The van der Waals surface area contributed by atoms with E-state index in [1.165, 1.54) is 16.4 Å². The Morgan fingerprint density at radius 1 is 0.971 bits per heavy atom. The summed E-state index contributed by atoms with van der Waals surface area (Å²) in [4.78, 5) is 22.9. The first-order valence-corrected chi connectivity index (χ1v) is 12.3. The summed E-state index contributed by atoms with van der Waals surface area (Å²) in [5.41, 5.74) is 0.0925. The number of hydrogen-bond donors (Lipinski definition) is 1. The van der Waals surface area contributed by atoms with Crippen LogP contribution in [0.5, 0.6) is 0 Å². The van der Waals surface area contributed by atoms with Crippen molar-refractivity contribution in [1.82, 2.24) is 5.32 Å². The maximum absolute atomic E-state index is 13.7. The predicted octanol–water partition coefficient (Wildman–Crippen LogP) is 5.06. The summed E-state index contributed by atoms with van der Waals surface area (Å²) in [7, 11) is -4.15. The van der Waals surface area contributed by atoms with Gasteiger partial charge in [-0.05, 0) is 50.6 Å². The fourth-order valence-electron chi connectivity index (χ4n) is 3.34. The molecule has 0 aromatic heterocycles. The minimum Gasteiger partial charge on any atom is -0.444 e. The Bertz CT molecular complexity index is 1260. The zero-order valence-electron chi connectivity index (χ0n) is 19.6. The van der Waals surface area contributed by atoms with Crippen molar-refractivity contribution >= 4 is 27.5 Å². The fraction of sp³-hybridized carbons (Fsp3) is 0.240. The summed E-state index contributed by atoms with van der Waals surface area (Å²) in [6.45, 7) is 5.06. The molecule has 9 nitrogen and oxygen atoms in total. The number of non-ortho nitro benzene ring substituents is 1. The molecule has 0 spiro atoms. The fourth-order valence-corrected chi connectivity index (χ4v) is 4.82. The van der Waals surface area contributed by atoms with E-state index in [1.54, 1.807) is 75.4 Å². The summed E-state index contributed by atoms with van der Waals surface area (Å²) in [5, 5.41) is 13.8.